The van der Waals surface area contributed by atoms with Crippen LogP contribution in [0.1, 0.15) is 13.8 Å². The molecule has 1 aromatic heterocycles. The summed E-state index contributed by atoms with van der Waals surface area (Å²) in [5, 5.41) is 0.242. The maximum atomic E-state index is 12.4. The SMILES string of the molecule is C.CN(C)C(=O)[C@H]1CCN(S(=O)(=O)c2ccc(Cl)nc2)C1. The Kier molecular flexibility index (Phi) is 5.72. The summed E-state index contributed by atoms with van der Waals surface area (Å²) < 4.78 is 26.1. The molecule has 0 saturated carbocycles. The molecule has 2 rings (SSSR count). The van der Waals surface area contributed by atoms with Crippen molar-refractivity contribution < 1.29 is 13.2 Å². The smallest absolute Gasteiger partial charge is 0.244 e. The van der Waals surface area contributed by atoms with Crippen molar-refractivity contribution in [2.45, 2.75) is 18.7 Å². The Morgan fingerprint density at radius 1 is 1.43 bits per heavy atom. The highest BCUT2D eigenvalue weighted by molar-refractivity contribution is 7.89. The zero-order valence-electron chi connectivity index (χ0n) is 11.3. The number of sulfonamides is 1. The van der Waals surface area contributed by atoms with Crippen LogP contribution in [0.5, 0.6) is 0 Å². The molecule has 0 aromatic carbocycles. The van der Waals surface area contributed by atoms with Gasteiger partial charge in [-0.2, -0.15) is 4.31 Å². The van der Waals surface area contributed by atoms with Gasteiger partial charge in [0.25, 0.3) is 0 Å². The van der Waals surface area contributed by atoms with Crippen molar-refractivity contribution in [2.24, 2.45) is 5.92 Å². The van der Waals surface area contributed by atoms with Gasteiger partial charge in [0, 0.05) is 33.4 Å². The Balaban J connectivity index is 0.00000220. The third kappa shape index (κ3) is 3.72. The topological polar surface area (TPSA) is 70.6 Å². The summed E-state index contributed by atoms with van der Waals surface area (Å²) in [5.41, 5.74) is 0. The van der Waals surface area contributed by atoms with Crippen LogP contribution in [0, 0.1) is 5.92 Å². The van der Waals surface area contributed by atoms with Gasteiger partial charge in [-0.05, 0) is 18.6 Å². The highest BCUT2D eigenvalue weighted by Gasteiger charge is 2.36. The Morgan fingerprint density at radius 2 is 2.10 bits per heavy atom. The van der Waals surface area contributed by atoms with E-state index in [1.807, 2.05) is 0 Å². The average molecular weight is 334 g/mol. The zero-order chi connectivity index (χ0) is 14.9. The number of halogens is 1. The number of aromatic nitrogens is 1. The van der Waals surface area contributed by atoms with Crippen molar-refractivity contribution in [3.63, 3.8) is 0 Å². The Bertz CT molecular complexity index is 602. The van der Waals surface area contributed by atoms with Crippen LogP contribution in [0.25, 0.3) is 0 Å². The predicted octanol–water partition coefficient (Wildman–Crippen LogP) is 1.47. The third-order valence-electron chi connectivity index (χ3n) is 3.28. The highest BCUT2D eigenvalue weighted by Crippen LogP contribution is 2.25. The number of pyridine rings is 1. The van der Waals surface area contributed by atoms with E-state index in [-0.39, 0.29) is 35.8 Å². The first kappa shape index (κ1) is 17.9. The standard InChI is InChI=1S/C12H16ClN3O3S.CH4/c1-15(2)12(17)9-5-6-16(8-9)20(18,19)10-3-4-11(13)14-7-10;/h3-4,7,9H,5-6,8H2,1-2H3;1H4/t9-;/m0./s1. The number of carbonyl (C=O) groups is 1. The minimum atomic E-state index is -3.61. The zero-order valence-corrected chi connectivity index (χ0v) is 12.9. The summed E-state index contributed by atoms with van der Waals surface area (Å²) in [5.74, 6) is -0.322. The van der Waals surface area contributed by atoms with Crippen molar-refractivity contribution in [3.8, 4) is 0 Å². The van der Waals surface area contributed by atoms with E-state index in [2.05, 4.69) is 4.98 Å². The summed E-state index contributed by atoms with van der Waals surface area (Å²) in [7, 11) is -0.268. The first-order valence-electron chi connectivity index (χ1n) is 6.15. The molecule has 1 aliphatic rings. The van der Waals surface area contributed by atoms with Crippen LogP contribution < -0.4 is 0 Å². The molecule has 0 bridgehead atoms. The van der Waals surface area contributed by atoms with Gasteiger partial charge in [-0.25, -0.2) is 13.4 Å². The fourth-order valence-corrected chi connectivity index (χ4v) is 3.73. The van der Waals surface area contributed by atoms with Crippen LogP contribution in [0.15, 0.2) is 23.2 Å². The lowest BCUT2D eigenvalue weighted by atomic mass is 10.1. The molecule has 1 fully saturated rings. The van der Waals surface area contributed by atoms with Gasteiger partial charge in [-0.3, -0.25) is 4.79 Å². The second kappa shape index (κ2) is 6.72. The Labute approximate surface area is 130 Å². The lowest BCUT2D eigenvalue weighted by molar-refractivity contribution is -0.132. The molecule has 0 N–H and O–H groups in total. The molecule has 118 valence electrons. The molecule has 2 heterocycles. The second-order valence-corrected chi connectivity index (χ2v) is 7.22. The van der Waals surface area contributed by atoms with E-state index in [1.165, 1.54) is 27.5 Å². The molecular formula is C13H20ClN3O3S. The van der Waals surface area contributed by atoms with Gasteiger partial charge in [0.15, 0.2) is 0 Å². The molecule has 1 aromatic rings. The molecule has 0 unspecified atom stereocenters. The van der Waals surface area contributed by atoms with Crippen LogP contribution >= 0.6 is 11.6 Å². The number of hydrogen-bond donors (Lipinski definition) is 0. The molecular weight excluding hydrogens is 314 g/mol. The number of hydrogen-bond acceptors (Lipinski definition) is 4. The van der Waals surface area contributed by atoms with E-state index in [0.717, 1.165) is 0 Å². The van der Waals surface area contributed by atoms with Crippen molar-refractivity contribution in [1.29, 1.82) is 0 Å². The first-order valence-corrected chi connectivity index (χ1v) is 7.97. The minimum Gasteiger partial charge on any atom is -0.349 e. The van der Waals surface area contributed by atoms with Crippen LogP contribution in [-0.4, -0.2) is 55.7 Å². The van der Waals surface area contributed by atoms with Gasteiger partial charge >= 0.3 is 0 Å². The first-order chi connectivity index (χ1) is 9.32. The number of amides is 1. The molecule has 8 heteroatoms. The third-order valence-corrected chi connectivity index (χ3v) is 5.35. The maximum absolute atomic E-state index is 12.4. The fraction of sp³-hybridized carbons (Fsp3) is 0.538. The summed E-state index contributed by atoms with van der Waals surface area (Å²) in [6, 6.07) is 2.86. The van der Waals surface area contributed by atoms with Crippen LogP contribution in [0.3, 0.4) is 0 Å². The summed E-state index contributed by atoms with van der Waals surface area (Å²) >= 11 is 5.65. The average Bonchev–Trinajstić information content (AvgIpc) is 2.88. The lowest BCUT2D eigenvalue weighted by Gasteiger charge is -2.18. The van der Waals surface area contributed by atoms with Crippen molar-refractivity contribution in [3.05, 3.63) is 23.5 Å². The van der Waals surface area contributed by atoms with Gasteiger partial charge < -0.3 is 4.90 Å². The van der Waals surface area contributed by atoms with Crippen molar-refractivity contribution >= 4 is 27.5 Å². The second-order valence-electron chi connectivity index (χ2n) is 4.90. The Morgan fingerprint density at radius 3 is 2.62 bits per heavy atom. The molecule has 21 heavy (non-hydrogen) atoms. The van der Waals surface area contributed by atoms with E-state index in [9.17, 15) is 13.2 Å². The number of nitrogens with zero attached hydrogens (tertiary/aromatic N) is 3. The van der Waals surface area contributed by atoms with Gasteiger partial charge in [-0.15, -0.1) is 0 Å². The van der Waals surface area contributed by atoms with Gasteiger partial charge in [0.05, 0.1) is 5.92 Å². The van der Waals surface area contributed by atoms with E-state index < -0.39 is 10.0 Å². The maximum Gasteiger partial charge on any atom is 0.244 e. The molecule has 0 radical (unpaired) electrons. The fourth-order valence-electron chi connectivity index (χ4n) is 2.18. The van der Waals surface area contributed by atoms with Gasteiger partial charge in [0.2, 0.25) is 15.9 Å². The normalized spacial score (nSPS) is 19.1. The molecule has 1 amide bonds. The van der Waals surface area contributed by atoms with Crippen molar-refractivity contribution in [1.82, 2.24) is 14.2 Å². The molecule has 0 spiro atoms. The summed E-state index contributed by atoms with van der Waals surface area (Å²) in [4.78, 5) is 17.2. The van der Waals surface area contributed by atoms with Gasteiger partial charge in [-0.1, -0.05) is 19.0 Å². The monoisotopic (exact) mass is 333 g/mol. The van der Waals surface area contributed by atoms with Gasteiger partial charge in [0.1, 0.15) is 10.0 Å². The summed E-state index contributed by atoms with van der Waals surface area (Å²) in [6.07, 6.45) is 1.77. The highest BCUT2D eigenvalue weighted by atomic mass is 35.5. The molecule has 1 aliphatic heterocycles. The summed E-state index contributed by atoms with van der Waals surface area (Å²) in [6.45, 7) is 0.553. The quantitative estimate of drug-likeness (QED) is 0.785. The van der Waals surface area contributed by atoms with E-state index >= 15 is 0 Å². The minimum absolute atomic E-state index is 0. The lowest BCUT2D eigenvalue weighted by Crippen LogP contribution is -2.34. The largest absolute Gasteiger partial charge is 0.349 e. The number of carbonyl (C=O) groups excluding carboxylic acids is 1. The number of rotatable bonds is 3. The van der Waals surface area contributed by atoms with Crippen LogP contribution in [0.2, 0.25) is 5.15 Å². The Hall–Kier alpha value is -1.18. The molecule has 0 aliphatic carbocycles. The predicted molar refractivity (Wildman–Crippen MR) is 81.5 cm³/mol. The van der Waals surface area contributed by atoms with E-state index in [1.54, 1.807) is 14.1 Å². The van der Waals surface area contributed by atoms with E-state index in [0.29, 0.717) is 13.0 Å². The molecule has 1 saturated heterocycles. The van der Waals surface area contributed by atoms with Crippen molar-refractivity contribution in [2.75, 3.05) is 27.2 Å². The van der Waals surface area contributed by atoms with Crippen LogP contribution in [0.4, 0.5) is 0 Å². The van der Waals surface area contributed by atoms with E-state index in [4.69, 9.17) is 11.6 Å². The molecule has 6 nitrogen and oxygen atoms in total. The molecule has 1 atom stereocenters. The van der Waals surface area contributed by atoms with Crippen LogP contribution in [-0.2, 0) is 14.8 Å².